The maximum absolute atomic E-state index is 10.5. The summed E-state index contributed by atoms with van der Waals surface area (Å²) in [5.74, 6) is 1.15. The van der Waals surface area contributed by atoms with Crippen LogP contribution in [0.2, 0.25) is 0 Å². The SMILES string of the molecule is OC(CCC1CCCO1)C1CCOc2ccccc21. The average Bonchev–Trinajstić information content (AvgIpc) is 2.97. The Morgan fingerprint density at radius 2 is 2.11 bits per heavy atom. The van der Waals surface area contributed by atoms with Gasteiger partial charge in [0, 0.05) is 12.5 Å². The normalized spacial score (nSPS) is 27.6. The third-order valence-corrected chi connectivity index (χ3v) is 4.28. The molecule has 3 heteroatoms. The largest absolute Gasteiger partial charge is 0.493 e. The van der Waals surface area contributed by atoms with E-state index in [0.717, 1.165) is 43.6 Å². The van der Waals surface area contributed by atoms with Crippen molar-refractivity contribution in [3.8, 4) is 5.75 Å². The van der Waals surface area contributed by atoms with Crippen LogP contribution in [0.1, 0.15) is 43.6 Å². The van der Waals surface area contributed by atoms with E-state index in [4.69, 9.17) is 9.47 Å². The second kappa shape index (κ2) is 5.93. The van der Waals surface area contributed by atoms with Gasteiger partial charge in [-0.3, -0.25) is 0 Å². The van der Waals surface area contributed by atoms with E-state index in [1.807, 2.05) is 18.2 Å². The van der Waals surface area contributed by atoms with Gasteiger partial charge < -0.3 is 14.6 Å². The highest BCUT2D eigenvalue weighted by Gasteiger charge is 2.28. The number of aliphatic hydroxyl groups excluding tert-OH is 1. The van der Waals surface area contributed by atoms with Gasteiger partial charge in [-0.2, -0.15) is 0 Å². The number of ether oxygens (including phenoxy) is 2. The van der Waals surface area contributed by atoms with Crippen LogP contribution in [0.25, 0.3) is 0 Å². The van der Waals surface area contributed by atoms with Gasteiger partial charge in [0.1, 0.15) is 5.75 Å². The molecule has 3 unspecified atom stereocenters. The summed E-state index contributed by atoms with van der Waals surface area (Å²) < 4.78 is 11.3. The van der Waals surface area contributed by atoms with Gasteiger partial charge >= 0.3 is 0 Å². The zero-order chi connectivity index (χ0) is 13.1. The monoisotopic (exact) mass is 262 g/mol. The van der Waals surface area contributed by atoms with Gasteiger partial charge in [-0.25, -0.2) is 0 Å². The number of hydrogen-bond acceptors (Lipinski definition) is 3. The van der Waals surface area contributed by atoms with Gasteiger partial charge in [-0.05, 0) is 43.7 Å². The Balaban J connectivity index is 1.62. The number of benzene rings is 1. The lowest BCUT2D eigenvalue weighted by atomic mass is 9.86. The first-order valence-electron chi connectivity index (χ1n) is 7.36. The van der Waals surface area contributed by atoms with Crippen LogP contribution in [0.5, 0.6) is 5.75 Å². The highest BCUT2D eigenvalue weighted by molar-refractivity contribution is 5.38. The number of para-hydroxylation sites is 1. The van der Waals surface area contributed by atoms with Gasteiger partial charge in [-0.1, -0.05) is 18.2 Å². The molecule has 1 aromatic rings. The van der Waals surface area contributed by atoms with Crippen molar-refractivity contribution in [1.82, 2.24) is 0 Å². The summed E-state index contributed by atoms with van der Waals surface area (Å²) in [6, 6.07) is 8.08. The first-order chi connectivity index (χ1) is 9.34. The Morgan fingerprint density at radius 1 is 1.21 bits per heavy atom. The molecule has 3 atom stereocenters. The molecular formula is C16H22O3. The van der Waals surface area contributed by atoms with Crippen molar-refractivity contribution in [1.29, 1.82) is 0 Å². The van der Waals surface area contributed by atoms with Crippen LogP contribution in [0.3, 0.4) is 0 Å². The molecule has 1 fully saturated rings. The zero-order valence-corrected chi connectivity index (χ0v) is 11.3. The van der Waals surface area contributed by atoms with Crippen LogP contribution < -0.4 is 4.74 Å². The number of hydrogen-bond donors (Lipinski definition) is 1. The zero-order valence-electron chi connectivity index (χ0n) is 11.3. The van der Waals surface area contributed by atoms with E-state index in [1.165, 1.54) is 6.42 Å². The van der Waals surface area contributed by atoms with Gasteiger partial charge in [-0.15, -0.1) is 0 Å². The Morgan fingerprint density at radius 3 is 2.95 bits per heavy atom. The van der Waals surface area contributed by atoms with Crippen molar-refractivity contribution in [3.05, 3.63) is 29.8 Å². The fraction of sp³-hybridized carbons (Fsp3) is 0.625. The fourth-order valence-electron chi connectivity index (χ4n) is 3.20. The molecule has 104 valence electrons. The molecular weight excluding hydrogens is 240 g/mol. The smallest absolute Gasteiger partial charge is 0.122 e. The Labute approximate surface area is 114 Å². The van der Waals surface area contributed by atoms with E-state index in [-0.39, 0.29) is 12.0 Å². The molecule has 0 bridgehead atoms. The molecule has 2 aliphatic rings. The average molecular weight is 262 g/mol. The minimum absolute atomic E-state index is 0.214. The van der Waals surface area contributed by atoms with Crippen molar-refractivity contribution < 1.29 is 14.6 Å². The Hall–Kier alpha value is -1.06. The highest BCUT2D eigenvalue weighted by Crippen LogP contribution is 2.37. The van der Waals surface area contributed by atoms with Crippen LogP contribution in [0.4, 0.5) is 0 Å². The van der Waals surface area contributed by atoms with Crippen molar-refractivity contribution in [2.75, 3.05) is 13.2 Å². The molecule has 0 radical (unpaired) electrons. The lowest BCUT2D eigenvalue weighted by molar-refractivity contribution is 0.0656. The van der Waals surface area contributed by atoms with Crippen LogP contribution in [-0.4, -0.2) is 30.5 Å². The molecule has 1 aromatic carbocycles. The van der Waals surface area contributed by atoms with Gasteiger partial charge in [0.2, 0.25) is 0 Å². The Bertz CT molecular complexity index is 412. The molecule has 2 heterocycles. The third-order valence-electron chi connectivity index (χ3n) is 4.28. The molecule has 0 saturated carbocycles. The van der Waals surface area contributed by atoms with E-state index in [9.17, 15) is 5.11 Å². The first kappa shape index (κ1) is 12.9. The van der Waals surface area contributed by atoms with Gasteiger partial charge in [0.05, 0.1) is 18.8 Å². The maximum Gasteiger partial charge on any atom is 0.122 e. The van der Waals surface area contributed by atoms with Gasteiger partial charge in [0.25, 0.3) is 0 Å². The topological polar surface area (TPSA) is 38.7 Å². The quantitative estimate of drug-likeness (QED) is 0.906. The van der Waals surface area contributed by atoms with Crippen molar-refractivity contribution >= 4 is 0 Å². The maximum atomic E-state index is 10.5. The van der Waals surface area contributed by atoms with Crippen LogP contribution in [0, 0.1) is 0 Å². The second-order valence-electron chi connectivity index (χ2n) is 5.56. The van der Waals surface area contributed by atoms with E-state index >= 15 is 0 Å². The second-order valence-corrected chi connectivity index (χ2v) is 5.56. The number of rotatable bonds is 4. The van der Waals surface area contributed by atoms with E-state index in [1.54, 1.807) is 0 Å². The predicted octanol–water partition coefficient (Wildman–Crippen LogP) is 2.87. The number of aliphatic hydroxyl groups is 1. The van der Waals surface area contributed by atoms with Crippen molar-refractivity contribution in [2.24, 2.45) is 0 Å². The summed E-state index contributed by atoms with van der Waals surface area (Å²) >= 11 is 0. The minimum Gasteiger partial charge on any atom is -0.493 e. The molecule has 0 aliphatic carbocycles. The van der Waals surface area contributed by atoms with E-state index in [0.29, 0.717) is 12.7 Å². The predicted molar refractivity (Wildman–Crippen MR) is 73.5 cm³/mol. The molecule has 0 amide bonds. The number of fused-ring (bicyclic) bond motifs is 1. The highest BCUT2D eigenvalue weighted by atomic mass is 16.5. The molecule has 0 spiro atoms. The summed E-state index contributed by atoms with van der Waals surface area (Å²) in [6.45, 7) is 1.60. The molecule has 2 aliphatic heterocycles. The lowest BCUT2D eigenvalue weighted by Crippen LogP contribution is -2.26. The molecule has 3 nitrogen and oxygen atoms in total. The fourth-order valence-corrected chi connectivity index (χ4v) is 3.20. The van der Waals surface area contributed by atoms with E-state index < -0.39 is 0 Å². The van der Waals surface area contributed by atoms with Crippen LogP contribution in [-0.2, 0) is 4.74 Å². The van der Waals surface area contributed by atoms with Gasteiger partial charge in [0.15, 0.2) is 0 Å². The Kier molecular flexibility index (Phi) is 4.04. The van der Waals surface area contributed by atoms with Crippen LogP contribution >= 0.6 is 0 Å². The molecule has 0 aromatic heterocycles. The minimum atomic E-state index is -0.283. The summed E-state index contributed by atoms with van der Waals surface area (Å²) in [5.41, 5.74) is 1.16. The van der Waals surface area contributed by atoms with Crippen molar-refractivity contribution in [2.45, 2.75) is 50.2 Å². The van der Waals surface area contributed by atoms with E-state index in [2.05, 4.69) is 6.07 Å². The summed E-state index contributed by atoms with van der Waals surface area (Å²) in [7, 11) is 0. The lowest BCUT2D eigenvalue weighted by Gasteiger charge is -2.30. The molecule has 1 N–H and O–H groups in total. The van der Waals surface area contributed by atoms with Crippen molar-refractivity contribution in [3.63, 3.8) is 0 Å². The molecule has 19 heavy (non-hydrogen) atoms. The van der Waals surface area contributed by atoms with Crippen LogP contribution in [0.15, 0.2) is 24.3 Å². The molecule has 1 saturated heterocycles. The third kappa shape index (κ3) is 2.93. The summed E-state index contributed by atoms with van der Waals surface area (Å²) in [4.78, 5) is 0. The summed E-state index contributed by atoms with van der Waals surface area (Å²) in [6.07, 6.45) is 5.10. The first-order valence-corrected chi connectivity index (χ1v) is 7.36. The summed E-state index contributed by atoms with van der Waals surface area (Å²) in [5, 5.41) is 10.5. The molecule has 3 rings (SSSR count). The standard InChI is InChI=1S/C16H22O3/c17-15(8-7-12-4-3-10-18-12)13-9-11-19-16-6-2-1-5-14(13)16/h1-2,5-6,12-13,15,17H,3-4,7-11H2.